The summed E-state index contributed by atoms with van der Waals surface area (Å²) in [6.45, 7) is 6.02. The molecule has 0 unspecified atom stereocenters. The molecule has 0 aliphatic heterocycles. The van der Waals surface area contributed by atoms with E-state index < -0.39 is 10.0 Å². The van der Waals surface area contributed by atoms with E-state index in [9.17, 15) is 8.42 Å². The van der Waals surface area contributed by atoms with Gasteiger partial charge in [-0.05, 0) is 30.2 Å². The van der Waals surface area contributed by atoms with Crippen molar-refractivity contribution < 1.29 is 8.42 Å². The number of aryl methyl sites for hydroxylation is 1. The van der Waals surface area contributed by atoms with Crippen LogP contribution in [0.25, 0.3) is 5.57 Å². The van der Waals surface area contributed by atoms with Gasteiger partial charge in [0.2, 0.25) is 10.0 Å². The molecule has 0 aliphatic rings. The Kier molecular flexibility index (Phi) is 4.37. The summed E-state index contributed by atoms with van der Waals surface area (Å²) in [6, 6.07) is 16.3. The fraction of sp³-hybridized carbons (Fsp3) is 0.125. The molecule has 0 atom stereocenters. The molecule has 4 heteroatoms. The lowest BCUT2D eigenvalue weighted by atomic mass is 10.1. The number of hydrogen-bond donors (Lipinski definition) is 1. The molecule has 0 spiro atoms. The van der Waals surface area contributed by atoms with Gasteiger partial charge in [-0.25, -0.2) is 13.1 Å². The van der Waals surface area contributed by atoms with Gasteiger partial charge >= 0.3 is 0 Å². The fourth-order valence-corrected chi connectivity index (χ4v) is 2.78. The normalized spacial score (nSPS) is 11.2. The number of sulfonamides is 1. The average Bonchev–Trinajstić information content (AvgIpc) is 2.46. The van der Waals surface area contributed by atoms with Gasteiger partial charge in [0.15, 0.2) is 0 Å². The molecule has 2 rings (SSSR count). The number of rotatable bonds is 5. The minimum atomic E-state index is -3.49. The molecular weight excluding hydrogens is 270 g/mol. The molecule has 0 bridgehead atoms. The Morgan fingerprint density at radius 2 is 1.65 bits per heavy atom. The number of hydrogen-bond acceptors (Lipinski definition) is 2. The van der Waals surface area contributed by atoms with Crippen LogP contribution in [0.5, 0.6) is 0 Å². The van der Waals surface area contributed by atoms with Crippen LogP contribution in [0.15, 0.2) is 66.1 Å². The third-order valence-corrected chi connectivity index (χ3v) is 4.41. The molecule has 0 aromatic heterocycles. The molecule has 2 aromatic carbocycles. The summed E-state index contributed by atoms with van der Waals surface area (Å²) in [5, 5.41) is 0. The quantitative estimate of drug-likeness (QED) is 0.919. The number of benzene rings is 2. The third-order valence-electron chi connectivity index (χ3n) is 2.99. The largest absolute Gasteiger partial charge is 0.240 e. The van der Waals surface area contributed by atoms with Gasteiger partial charge in [0.1, 0.15) is 0 Å². The predicted molar refractivity (Wildman–Crippen MR) is 81.8 cm³/mol. The topological polar surface area (TPSA) is 46.2 Å². The Hall–Kier alpha value is -1.91. The fourth-order valence-electron chi connectivity index (χ4n) is 1.76. The lowest BCUT2D eigenvalue weighted by Crippen LogP contribution is -2.25. The molecule has 0 amide bonds. The summed E-state index contributed by atoms with van der Waals surface area (Å²) in [5.74, 6) is 0. The summed E-state index contributed by atoms with van der Waals surface area (Å²) < 4.78 is 26.8. The van der Waals surface area contributed by atoms with Crippen molar-refractivity contribution in [3.05, 3.63) is 72.3 Å². The summed E-state index contributed by atoms with van der Waals surface area (Å²) in [6.07, 6.45) is 0. The lowest BCUT2D eigenvalue weighted by molar-refractivity contribution is 0.586. The van der Waals surface area contributed by atoms with Gasteiger partial charge in [0.25, 0.3) is 0 Å². The first-order chi connectivity index (χ1) is 9.49. The van der Waals surface area contributed by atoms with Crippen molar-refractivity contribution >= 4 is 15.6 Å². The molecule has 2 aromatic rings. The molecule has 20 heavy (non-hydrogen) atoms. The third kappa shape index (κ3) is 3.56. The summed E-state index contributed by atoms with van der Waals surface area (Å²) >= 11 is 0. The molecular formula is C16H17NO2S. The molecule has 0 aliphatic carbocycles. The molecule has 0 saturated heterocycles. The maximum absolute atomic E-state index is 12.1. The summed E-state index contributed by atoms with van der Waals surface area (Å²) in [4.78, 5) is 0.268. The highest BCUT2D eigenvalue weighted by Crippen LogP contribution is 2.13. The highest BCUT2D eigenvalue weighted by Gasteiger charge is 2.13. The minimum absolute atomic E-state index is 0.195. The van der Waals surface area contributed by atoms with Crippen molar-refractivity contribution in [2.75, 3.05) is 6.54 Å². The molecule has 0 heterocycles. The molecule has 3 nitrogen and oxygen atoms in total. The average molecular weight is 287 g/mol. The molecule has 104 valence electrons. The zero-order valence-corrected chi connectivity index (χ0v) is 12.2. The number of nitrogens with one attached hydrogen (secondary N) is 1. The van der Waals surface area contributed by atoms with Crippen molar-refractivity contribution in [1.29, 1.82) is 0 Å². The highest BCUT2D eigenvalue weighted by atomic mass is 32.2. The first-order valence-corrected chi connectivity index (χ1v) is 7.77. The smallest absolute Gasteiger partial charge is 0.207 e. The Morgan fingerprint density at radius 3 is 2.25 bits per heavy atom. The van der Waals surface area contributed by atoms with Crippen LogP contribution in [-0.2, 0) is 10.0 Å². The van der Waals surface area contributed by atoms with Crippen LogP contribution in [0.4, 0.5) is 0 Å². The Balaban J connectivity index is 2.06. The maximum Gasteiger partial charge on any atom is 0.240 e. The Labute approximate surface area is 120 Å². The lowest BCUT2D eigenvalue weighted by Gasteiger charge is -2.09. The standard InChI is InChI=1S/C16H17NO2S/c1-13-8-10-16(11-9-13)20(18,19)17-12-14(2)15-6-4-3-5-7-15/h3-11,17H,2,12H2,1H3. The molecule has 0 saturated carbocycles. The SMILES string of the molecule is C=C(CNS(=O)(=O)c1ccc(C)cc1)c1ccccc1. The van der Waals surface area contributed by atoms with E-state index in [0.29, 0.717) is 0 Å². The van der Waals surface area contributed by atoms with Crippen molar-refractivity contribution in [1.82, 2.24) is 4.72 Å². The van der Waals surface area contributed by atoms with E-state index in [-0.39, 0.29) is 11.4 Å². The van der Waals surface area contributed by atoms with Gasteiger partial charge < -0.3 is 0 Å². The van der Waals surface area contributed by atoms with Gasteiger partial charge in [0.05, 0.1) is 4.90 Å². The van der Waals surface area contributed by atoms with Crippen molar-refractivity contribution in [3.63, 3.8) is 0 Å². The van der Waals surface area contributed by atoms with Crippen LogP contribution in [-0.4, -0.2) is 15.0 Å². The van der Waals surface area contributed by atoms with Crippen LogP contribution in [0, 0.1) is 6.92 Å². The van der Waals surface area contributed by atoms with Gasteiger partial charge in [-0.1, -0.05) is 54.6 Å². The van der Waals surface area contributed by atoms with E-state index in [1.54, 1.807) is 24.3 Å². The van der Waals surface area contributed by atoms with Crippen LogP contribution in [0.2, 0.25) is 0 Å². The second-order valence-corrected chi connectivity index (χ2v) is 6.37. The van der Waals surface area contributed by atoms with Crippen LogP contribution in [0.1, 0.15) is 11.1 Å². The van der Waals surface area contributed by atoms with E-state index in [0.717, 1.165) is 16.7 Å². The second-order valence-electron chi connectivity index (χ2n) is 4.61. The van der Waals surface area contributed by atoms with E-state index in [4.69, 9.17) is 0 Å². The van der Waals surface area contributed by atoms with E-state index >= 15 is 0 Å². The van der Waals surface area contributed by atoms with Crippen molar-refractivity contribution in [2.45, 2.75) is 11.8 Å². The van der Waals surface area contributed by atoms with Crippen molar-refractivity contribution in [3.8, 4) is 0 Å². The molecule has 0 fully saturated rings. The Bertz CT molecular complexity index is 689. The first-order valence-electron chi connectivity index (χ1n) is 6.28. The van der Waals surface area contributed by atoms with Gasteiger partial charge in [0, 0.05) is 6.54 Å². The van der Waals surface area contributed by atoms with Gasteiger partial charge in [-0.2, -0.15) is 0 Å². The monoisotopic (exact) mass is 287 g/mol. The second kappa shape index (κ2) is 6.03. The first kappa shape index (κ1) is 14.5. The minimum Gasteiger partial charge on any atom is -0.207 e. The van der Waals surface area contributed by atoms with Crippen LogP contribution >= 0.6 is 0 Å². The van der Waals surface area contributed by atoms with Crippen LogP contribution < -0.4 is 4.72 Å². The Morgan fingerprint density at radius 1 is 1.05 bits per heavy atom. The highest BCUT2D eigenvalue weighted by molar-refractivity contribution is 7.89. The van der Waals surface area contributed by atoms with Crippen molar-refractivity contribution in [2.24, 2.45) is 0 Å². The van der Waals surface area contributed by atoms with E-state index in [1.807, 2.05) is 37.3 Å². The van der Waals surface area contributed by atoms with Crippen LogP contribution in [0.3, 0.4) is 0 Å². The maximum atomic E-state index is 12.1. The van der Waals surface area contributed by atoms with E-state index in [2.05, 4.69) is 11.3 Å². The van der Waals surface area contributed by atoms with Gasteiger partial charge in [-0.15, -0.1) is 0 Å². The summed E-state index contributed by atoms with van der Waals surface area (Å²) in [5.41, 5.74) is 2.69. The summed E-state index contributed by atoms with van der Waals surface area (Å²) in [7, 11) is -3.49. The van der Waals surface area contributed by atoms with E-state index in [1.165, 1.54) is 0 Å². The zero-order chi connectivity index (χ0) is 14.6. The molecule has 0 radical (unpaired) electrons. The molecule has 1 N–H and O–H groups in total. The zero-order valence-electron chi connectivity index (χ0n) is 11.3. The predicted octanol–water partition coefficient (Wildman–Crippen LogP) is 2.99. The van der Waals surface area contributed by atoms with Gasteiger partial charge in [-0.3, -0.25) is 0 Å².